The van der Waals surface area contributed by atoms with Crippen molar-refractivity contribution in [3.8, 4) is 11.1 Å². The molecule has 0 aliphatic heterocycles. The molecular formula is C38H36N2. The van der Waals surface area contributed by atoms with Crippen LogP contribution in [-0.4, -0.2) is 0 Å². The number of anilines is 4. The first kappa shape index (κ1) is 25.7. The zero-order valence-electron chi connectivity index (χ0n) is 23.3. The largest absolute Gasteiger partial charge is 0.314 e. The first-order chi connectivity index (χ1) is 19.7. The molecule has 0 amide bonds. The molecule has 4 aromatic carbocycles. The van der Waals surface area contributed by atoms with E-state index in [1.807, 2.05) is 0 Å². The van der Waals surface area contributed by atoms with Crippen LogP contribution in [0.25, 0.3) is 11.1 Å². The van der Waals surface area contributed by atoms with Crippen LogP contribution in [0.1, 0.15) is 26.7 Å². The lowest BCUT2D eigenvalue weighted by molar-refractivity contribution is 0.670. The maximum atomic E-state index is 2.40. The normalized spacial score (nSPS) is 18.1. The van der Waals surface area contributed by atoms with Crippen molar-refractivity contribution in [2.45, 2.75) is 26.7 Å². The van der Waals surface area contributed by atoms with E-state index in [1.54, 1.807) is 0 Å². The number of benzene rings is 4. The standard InChI is InChI=1S/C38H36N2/c1-29-13-9-11-19-37(29)39(33-15-5-3-6-16-33)35-25-21-31(22-26-35)32-23-27-36(28-24-32)40(34-17-7-4-8-18-34)38-20-12-10-14-30(38)2/h3-12,15-30H,13-14H2,1-2H3. The Balaban J connectivity index is 1.31. The second kappa shape index (κ2) is 11.7. The first-order valence-corrected chi connectivity index (χ1v) is 14.3. The quantitative estimate of drug-likeness (QED) is 0.239. The van der Waals surface area contributed by atoms with Crippen LogP contribution in [0.5, 0.6) is 0 Å². The molecule has 2 aliphatic rings. The summed E-state index contributed by atoms with van der Waals surface area (Å²) in [5, 5.41) is 0. The third kappa shape index (κ3) is 5.31. The molecular weight excluding hydrogens is 484 g/mol. The molecule has 0 aromatic heterocycles. The van der Waals surface area contributed by atoms with Crippen LogP contribution in [0.15, 0.2) is 157 Å². The third-order valence-corrected chi connectivity index (χ3v) is 7.92. The molecule has 2 aliphatic carbocycles. The predicted octanol–water partition coefficient (Wildman–Crippen LogP) is 10.6. The minimum absolute atomic E-state index is 0.461. The maximum absolute atomic E-state index is 2.40. The number of hydrogen-bond acceptors (Lipinski definition) is 2. The van der Waals surface area contributed by atoms with Gasteiger partial charge in [0.1, 0.15) is 0 Å². The van der Waals surface area contributed by atoms with Gasteiger partial charge in [-0.25, -0.2) is 0 Å². The number of hydrogen-bond donors (Lipinski definition) is 0. The van der Waals surface area contributed by atoms with Gasteiger partial charge < -0.3 is 9.80 Å². The van der Waals surface area contributed by atoms with Crippen LogP contribution >= 0.6 is 0 Å². The summed E-state index contributed by atoms with van der Waals surface area (Å²) < 4.78 is 0. The fourth-order valence-corrected chi connectivity index (χ4v) is 5.71. The van der Waals surface area contributed by atoms with Gasteiger partial charge in [-0.1, -0.05) is 98.8 Å². The van der Waals surface area contributed by atoms with Crippen molar-refractivity contribution in [1.82, 2.24) is 0 Å². The van der Waals surface area contributed by atoms with Gasteiger partial charge in [0.2, 0.25) is 0 Å². The maximum Gasteiger partial charge on any atom is 0.0458 e. The summed E-state index contributed by atoms with van der Waals surface area (Å²) in [6.45, 7) is 4.61. The highest BCUT2D eigenvalue weighted by Crippen LogP contribution is 2.38. The summed E-state index contributed by atoms with van der Waals surface area (Å²) in [5.74, 6) is 0.921. The zero-order chi connectivity index (χ0) is 27.3. The number of nitrogens with zero attached hydrogens (tertiary/aromatic N) is 2. The molecule has 2 unspecified atom stereocenters. The number of para-hydroxylation sites is 2. The Morgan fingerprint density at radius 2 is 0.800 bits per heavy atom. The van der Waals surface area contributed by atoms with E-state index in [2.05, 4.69) is 169 Å². The fraction of sp³-hybridized carbons (Fsp3) is 0.158. The van der Waals surface area contributed by atoms with E-state index in [9.17, 15) is 0 Å². The Kier molecular flexibility index (Phi) is 7.50. The third-order valence-electron chi connectivity index (χ3n) is 7.92. The number of allylic oxidation sites excluding steroid dienone is 8. The van der Waals surface area contributed by atoms with Gasteiger partial charge in [-0.3, -0.25) is 0 Å². The molecule has 2 atom stereocenters. The van der Waals surface area contributed by atoms with Crippen molar-refractivity contribution < 1.29 is 0 Å². The van der Waals surface area contributed by atoms with Gasteiger partial charge in [0.05, 0.1) is 0 Å². The average Bonchev–Trinajstić information content (AvgIpc) is 3.01. The second-order valence-corrected chi connectivity index (χ2v) is 10.7. The summed E-state index contributed by atoms with van der Waals surface area (Å²) in [4.78, 5) is 4.79. The predicted molar refractivity (Wildman–Crippen MR) is 171 cm³/mol. The smallest absolute Gasteiger partial charge is 0.0458 e. The van der Waals surface area contributed by atoms with Crippen molar-refractivity contribution >= 4 is 22.7 Å². The van der Waals surface area contributed by atoms with Gasteiger partial charge in [-0.05, 0) is 84.7 Å². The monoisotopic (exact) mass is 520 g/mol. The summed E-state index contributed by atoms with van der Waals surface area (Å²) in [5.41, 5.74) is 9.83. The van der Waals surface area contributed by atoms with Crippen LogP contribution in [-0.2, 0) is 0 Å². The summed E-state index contributed by atoms with van der Waals surface area (Å²) in [7, 11) is 0. The first-order valence-electron chi connectivity index (χ1n) is 14.3. The summed E-state index contributed by atoms with van der Waals surface area (Å²) in [6.07, 6.45) is 15.5. The van der Waals surface area contributed by atoms with E-state index in [0.29, 0.717) is 11.8 Å². The van der Waals surface area contributed by atoms with Crippen LogP contribution in [0, 0.1) is 11.8 Å². The van der Waals surface area contributed by atoms with Crippen LogP contribution in [0.2, 0.25) is 0 Å². The van der Waals surface area contributed by atoms with Crippen LogP contribution < -0.4 is 9.80 Å². The van der Waals surface area contributed by atoms with E-state index < -0.39 is 0 Å². The molecule has 2 heteroatoms. The molecule has 0 radical (unpaired) electrons. The highest BCUT2D eigenvalue weighted by Gasteiger charge is 2.22. The molecule has 2 nitrogen and oxygen atoms in total. The SMILES string of the molecule is CC1CC=CC=C1N(c1ccccc1)c1ccc(-c2ccc(N(C3=CC=CCC3C)c3ccccc3)cc2)cc1. The molecule has 0 fully saturated rings. The Morgan fingerprint density at radius 1 is 0.450 bits per heavy atom. The van der Waals surface area contributed by atoms with Gasteiger partial charge in [-0.2, -0.15) is 0 Å². The van der Waals surface area contributed by atoms with E-state index in [-0.39, 0.29) is 0 Å². The average molecular weight is 521 g/mol. The molecule has 0 saturated carbocycles. The molecule has 40 heavy (non-hydrogen) atoms. The van der Waals surface area contributed by atoms with Crippen molar-refractivity contribution in [1.29, 1.82) is 0 Å². The topological polar surface area (TPSA) is 6.48 Å². The Morgan fingerprint density at radius 3 is 1.15 bits per heavy atom. The highest BCUT2D eigenvalue weighted by molar-refractivity contribution is 5.76. The van der Waals surface area contributed by atoms with Crippen LogP contribution in [0.3, 0.4) is 0 Å². The Labute approximate surface area is 238 Å². The van der Waals surface area contributed by atoms with Crippen molar-refractivity contribution in [2.75, 3.05) is 9.80 Å². The lowest BCUT2D eigenvalue weighted by Gasteiger charge is -2.32. The van der Waals surface area contributed by atoms with Gasteiger partial charge >= 0.3 is 0 Å². The fourth-order valence-electron chi connectivity index (χ4n) is 5.71. The molecule has 198 valence electrons. The van der Waals surface area contributed by atoms with E-state index >= 15 is 0 Å². The van der Waals surface area contributed by atoms with Crippen molar-refractivity contribution in [3.05, 3.63) is 157 Å². The zero-order valence-corrected chi connectivity index (χ0v) is 23.3. The van der Waals surface area contributed by atoms with Gasteiger partial charge in [0.15, 0.2) is 0 Å². The molecule has 0 heterocycles. The van der Waals surface area contributed by atoms with Gasteiger partial charge in [-0.15, -0.1) is 0 Å². The molecule has 0 bridgehead atoms. The van der Waals surface area contributed by atoms with E-state index in [0.717, 1.165) is 12.8 Å². The highest BCUT2D eigenvalue weighted by atomic mass is 15.2. The van der Waals surface area contributed by atoms with E-state index in [4.69, 9.17) is 0 Å². The van der Waals surface area contributed by atoms with E-state index in [1.165, 1.54) is 45.3 Å². The minimum Gasteiger partial charge on any atom is -0.314 e. The van der Waals surface area contributed by atoms with Gasteiger partial charge in [0.25, 0.3) is 0 Å². The van der Waals surface area contributed by atoms with Gasteiger partial charge in [0, 0.05) is 46.0 Å². The summed E-state index contributed by atoms with van der Waals surface area (Å²) in [6, 6.07) is 39.3. The second-order valence-electron chi connectivity index (χ2n) is 10.7. The molecule has 0 saturated heterocycles. The Hall–Kier alpha value is -4.56. The van der Waals surface area contributed by atoms with Crippen molar-refractivity contribution in [2.24, 2.45) is 11.8 Å². The molecule has 6 rings (SSSR count). The molecule has 4 aromatic rings. The summed E-state index contributed by atoms with van der Waals surface area (Å²) >= 11 is 0. The lowest BCUT2D eigenvalue weighted by atomic mass is 9.96. The minimum atomic E-state index is 0.461. The lowest BCUT2D eigenvalue weighted by Crippen LogP contribution is -2.22. The number of rotatable bonds is 7. The molecule has 0 N–H and O–H groups in total. The Bertz CT molecular complexity index is 1420. The van der Waals surface area contributed by atoms with Crippen molar-refractivity contribution in [3.63, 3.8) is 0 Å². The van der Waals surface area contributed by atoms with Crippen LogP contribution in [0.4, 0.5) is 22.7 Å². The molecule has 0 spiro atoms.